The summed E-state index contributed by atoms with van der Waals surface area (Å²) >= 11 is 0. The molecule has 1 aliphatic heterocycles. The molecule has 1 fully saturated rings. The second-order valence-electron chi connectivity index (χ2n) is 7.49. The number of ether oxygens (including phenoxy) is 1. The van der Waals surface area contributed by atoms with Gasteiger partial charge in [0.1, 0.15) is 5.75 Å². The molecule has 1 aliphatic rings. The molecule has 2 aromatic rings. The normalized spacial score (nSPS) is 14.9. The zero-order valence-corrected chi connectivity index (χ0v) is 17.1. The highest BCUT2D eigenvalue weighted by atomic mass is 16.5. The van der Waals surface area contributed by atoms with Gasteiger partial charge >= 0.3 is 0 Å². The van der Waals surface area contributed by atoms with Crippen LogP contribution in [0.3, 0.4) is 0 Å². The third-order valence-electron chi connectivity index (χ3n) is 4.93. The summed E-state index contributed by atoms with van der Waals surface area (Å²) in [5.41, 5.74) is 3.77. The van der Waals surface area contributed by atoms with Gasteiger partial charge in [-0.1, -0.05) is 0 Å². The maximum absolute atomic E-state index is 12.7. The van der Waals surface area contributed by atoms with E-state index in [-0.39, 0.29) is 18.1 Å². The van der Waals surface area contributed by atoms with Crippen LogP contribution >= 0.6 is 0 Å². The Labute approximate surface area is 170 Å². The first-order valence-electron chi connectivity index (χ1n) is 9.78. The van der Waals surface area contributed by atoms with Crippen molar-refractivity contribution in [3.05, 3.63) is 36.0 Å². The minimum atomic E-state index is -0.129. The third kappa shape index (κ3) is 5.12. The number of nitrogens with zero attached hydrogens (tertiary/aromatic N) is 3. The molecular formula is C20H29N7O2. The van der Waals surface area contributed by atoms with E-state index in [1.54, 1.807) is 13.2 Å². The summed E-state index contributed by atoms with van der Waals surface area (Å²) in [6.45, 7) is 5.33. The number of amides is 1. The molecule has 0 unspecified atom stereocenters. The monoisotopic (exact) mass is 399 g/mol. The second kappa shape index (κ2) is 9.06. The molecule has 0 aliphatic carbocycles. The summed E-state index contributed by atoms with van der Waals surface area (Å²) in [7, 11) is 1.70. The molecule has 1 saturated heterocycles. The van der Waals surface area contributed by atoms with Crippen molar-refractivity contribution in [2.24, 2.45) is 5.84 Å². The van der Waals surface area contributed by atoms with Gasteiger partial charge in [0.25, 0.3) is 5.91 Å². The Balaban J connectivity index is 1.59. The van der Waals surface area contributed by atoms with Gasteiger partial charge in [-0.05, 0) is 44.9 Å². The lowest BCUT2D eigenvalue weighted by atomic mass is 10.0. The van der Waals surface area contributed by atoms with Crippen LogP contribution in [0.4, 0.5) is 0 Å². The molecule has 2 heterocycles. The number of nitrogens with one attached hydrogen (secondary N) is 3. The van der Waals surface area contributed by atoms with E-state index in [2.05, 4.69) is 15.8 Å². The van der Waals surface area contributed by atoms with Crippen LogP contribution in [0.2, 0.25) is 0 Å². The number of fused-ring (bicyclic) bond motifs is 1. The fourth-order valence-electron chi connectivity index (χ4n) is 3.35. The molecule has 9 nitrogen and oxygen atoms in total. The van der Waals surface area contributed by atoms with Crippen LogP contribution in [0.5, 0.6) is 5.75 Å². The van der Waals surface area contributed by atoms with Gasteiger partial charge in [0, 0.05) is 43.8 Å². The van der Waals surface area contributed by atoms with E-state index in [0.29, 0.717) is 24.6 Å². The molecule has 0 radical (unpaired) electrons. The van der Waals surface area contributed by atoms with E-state index in [4.69, 9.17) is 16.0 Å². The molecule has 1 aromatic heterocycles. The maximum Gasteiger partial charge on any atom is 0.253 e. The molecule has 5 N–H and O–H groups in total. The van der Waals surface area contributed by atoms with Crippen LogP contribution in [0.25, 0.3) is 10.9 Å². The number of piperidine rings is 1. The predicted octanol–water partition coefficient (Wildman–Crippen LogP) is 1.46. The number of rotatable bonds is 5. The highest BCUT2D eigenvalue weighted by Gasteiger charge is 2.24. The number of hydrazine groups is 2. The second-order valence-corrected chi connectivity index (χ2v) is 7.49. The van der Waals surface area contributed by atoms with Gasteiger partial charge in [0.2, 0.25) is 5.96 Å². The van der Waals surface area contributed by atoms with Crippen LogP contribution in [-0.2, 0) is 0 Å². The lowest BCUT2D eigenvalue weighted by molar-refractivity contribution is 0.0920. The Morgan fingerprint density at radius 2 is 2.07 bits per heavy atom. The molecule has 9 heteroatoms. The standard InChI is InChI=1S/C20H29N7O2/c1-13(2)29-17-5-4-14-10-15(12-23-18(14)11-17)19(28)24-16-6-8-27(9-7-16)20(21)26(3)25-22/h4-5,10-13,16,21,25H,6-9,22H2,1-3H3,(H,24,28). The fourth-order valence-corrected chi connectivity index (χ4v) is 3.35. The number of benzene rings is 1. The zero-order valence-electron chi connectivity index (χ0n) is 17.1. The number of guanidine groups is 1. The number of hydrogen-bond donors (Lipinski definition) is 4. The van der Waals surface area contributed by atoms with E-state index in [1.807, 2.05) is 43.0 Å². The van der Waals surface area contributed by atoms with Gasteiger partial charge in [-0.25, -0.2) is 0 Å². The van der Waals surface area contributed by atoms with Crippen molar-refractivity contribution in [1.29, 1.82) is 5.41 Å². The first-order valence-corrected chi connectivity index (χ1v) is 9.78. The number of pyridine rings is 1. The van der Waals surface area contributed by atoms with Gasteiger partial charge in [-0.15, -0.1) is 0 Å². The number of hydrogen-bond acceptors (Lipinski definition) is 6. The first-order chi connectivity index (χ1) is 13.9. The van der Waals surface area contributed by atoms with Gasteiger partial charge in [0.15, 0.2) is 0 Å². The Morgan fingerprint density at radius 1 is 1.34 bits per heavy atom. The number of aromatic nitrogens is 1. The van der Waals surface area contributed by atoms with Crippen molar-refractivity contribution in [3.8, 4) is 5.75 Å². The van der Waals surface area contributed by atoms with Crippen LogP contribution in [0.15, 0.2) is 30.5 Å². The largest absolute Gasteiger partial charge is 0.491 e. The maximum atomic E-state index is 12.7. The van der Waals surface area contributed by atoms with E-state index < -0.39 is 0 Å². The van der Waals surface area contributed by atoms with Crippen molar-refractivity contribution >= 4 is 22.8 Å². The Hall–Kier alpha value is -2.91. The molecule has 0 atom stereocenters. The number of likely N-dealkylation sites (tertiary alicyclic amines) is 1. The van der Waals surface area contributed by atoms with E-state index in [9.17, 15) is 4.79 Å². The third-order valence-corrected chi connectivity index (χ3v) is 4.93. The van der Waals surface area contributed by atoms with Crippen molar-refractivity contribution in [1.82, 2.24) is 25.7 Å². The zero-order chi connectivity index (χ0) is 21.0. The average Bonchev–Trinajstić information content (AvgIpc) is 2.72. The number of carbonyl (C=O) groups excluding carboxylic acids is 1. The first kappa shape index (κ1) is 20.8. The fraction of sp³-hybridized carbons (Fsp3) is 0.450. The van der Waals surface area contributed by atoms with Gasteiger partial charge < -0.3 is 15.0 Å². The summed E-state index contributed by atoms with van der Waals surface area (Å²) < 4.78 is 5.70. The lowest BCUT2D eigenvalue weighted by Gasteiger charge is -2.36. The number of nitrogens with two attached hydrogens (primary N) is 1. The summed E-state index contributed by atoms with van der Waals surface area (Å²) in [5.74, 6) is 6.30. The molecule has 0 bridgehead atoms. The predicted molar refractivity (Wildman–Crippen MR) is 112 cm³/mol. The minimum Gasteiger partial charge on any atom is -0.491 e. The summed E-state index contributed by atoms with van der Waals surface area (Å²) in [6, 6.07) is 7.62. The van der Waals surface area contributed by atoms with E-state index in [0.717, 1.165) is 29.5 Å². The van der Waals surface area contributed by atoms with Crippen LogP contribution < -0.4 is 21.4 Å². The Morgan fingerprint density at radius 3 is 2.72 bits per heavy atom. The summed E-state index contributed by atoms with van der Waals surface area (Å²) in [6.07, 6.45) is 3.23. The van der Waals surface area contributed by atoms with Gasteiger partial charge in [-0.3, -0.25) is 26.0 Å². The van der Waals surface area contributed by atoms with Gasteiger partial charge in [-0.2, -0.15) is 5.53 Å². The van der Waals surface area contributed by atoms with E-state index in [1.165, 1.54) is 5.01 Å². The quantitative estimate of drug-likeness (QED) is 0.260. The highest BCUT2D eigenvalue weighted by molar-refractivity contribution is 5.97. The minimum absolute atomic E-state index is 0.0696. The SMILES string of the molecule is CC(C)Oc1ccc2cc(C(=O)NC3CCN(C(=N)N(C)NN)CC3)cnc2c1. The Kier molecular flexibility index (Phi) is 6.50. The lowest BCUT2D eigenvalue weighted by Crippen LogP contribution is -2.54. The number of carbonyl (C=O) groups is 1. The molecule has 1 amide bonds. The smallest absolute Gasteiger partial charge is 0.253 e. The van der Waals surface area contributed by atoms with Crippen molar-refractivity contribution in [2.45, 2.75) is 38.8 Å². The van der Waals surface area contributed by atoms with Crippen molar-refractivity contribution < 1.29 is 9.53 Å². The molecule has 3 rings (SSSR count). The highest BCUT2D eigenvalue weighted by Crippen LogP contribution is 2.21. The summed E-state index contributed by atoms with van der Waals surface area (Å²) in [4.78, 5) is 19.0. The van der Waals surface area contributed by atoms with Crippen LogP contribution in [0.1, 0.15) is 37.0 Å². The molecule has 1 aromatic carbocycles. The molecule has 29 heavy (non-hydrogen) atoms. The Bertz CT molecular complexity index is 878. The topological polar surface area (TPSA) is 120 Å². The van der Waals surface area contributed by atoms with Crippen LogP contribution in [-0.4, -0.2) is 59.0 Å². The van der Waals surface area contributed by atoms with Crippen molar-refractivity contribution in [3.63, 3.8) is 0 Å². The molecule has 0 saturated carbocycles. The summed E-state index contributed by atoms with van der Waals surface area (Å²) in [5, 5.41) is 13.5. The molecule has 156 valence electrons. The van der Waals surface area contributed by atoms with Crippen LogP contribution in [0, 0.1) is 5.41 Å². The average molecular weight is 399 g/mol. The molecule has 0 spiro atoms. The van der Waals surface area contributed by atoms with Gasteiger partial charge in [0.05, 0.1) is 17.2 Å². The molecular weight excluding hydrogens is 370 g/mol. The van der Waals surface area contributed by atoms with E-state index >= 15 is 0 Å². The van der Waals surface area contributed by atoms with Crippen molar-refractivity contribution in [2.75, 3.05) is 20.1 Å².